The summed E-state index contributed by atoms with van der Waals surface area (Å²) in [5.41, 5.74) is 0.744. The van der Waals surface area contributed by atoms with E-state index < -0.39 is 5.60 Å². The third-order valence-electron chi connectivity index (χ3n) is 3.87. The molecule has 1 unspecified atom stereocenters. The van der Waals surface area contributed by atoms with Crippen molar-refractivity contribution < 1.29 is 9.53 Å². The first-order chi connectivity index (χ1) is 10.3. The second-order valence-corrected chi connectivity index (χ2v) is 6.92. The summed E-state index contributed by atoms with van der Waals surface area (Å²) < 4.78 is 7.34. The Morgan fingerprint density at radius 3 is 2.82 bits per heavy atom. The number of carbonyl (C=O) groups excluding carboxylic acids is 1. The number of nitrogens with zero attached hydrogens (tertiary/aromatic N) is 3. The molecule has 1 atom stereocenters. The maximum Gasteiger partial charge on any atom is 0.410 e. The van der Waals surface area contributed by atoms with Gasteiger partial charge >= 0.3 is 6.09 Å². The van der Waals surface area contributed by atoms with E-state index in [0.29, 0.717) is 6.04 Å². The largest absolute Gasteiger partial charge is 0.444 e. The van der Waals surface area contributed by atoms with Crippen LogP contribution in [0.25, 0.3) is 0 Å². The van der Waals surface area contributed by atoms with Gasteiger partial charge in [-0.15, -0.1) is 0 Å². The van der Waals surface area contributed by atoms with Crippen LogP contribution in [0.2, 0.25) is 0 Å². The molecule has 1 fully saturated rings. The van der Waals surface area contributed by atoms with Crippen molar-refractivity contribution in [3.05, 3.63) is 18.0 Å². The second kappa shape index (κ2) is 7.13. The Kier molecular flexibility index (Phi) is 5.45. The molecule has 6 heteroatoms. The van der Waals surface area contributed by atoms with Gasteiger partial charge in [-0.25, -0.2) is 4.79 Å². The Balaban J connectivity index is 1.80. The summed E-state index contributed by atoms with van der Waals surface area (Å²) in [5.74, 6) is 0. The lowest BCUT2D eigenvalue weighted by molar-refractivity contribution is 0.0256. The third kappa shape index (κ3) is 5.02. The lowest BCUT2D eigenvalue weighted by Gasteiger charge is -2.26. The van der Waals surface area contributed by atoms with Crippen molar-refractivity contribution >= 4 is 6.09 Å². The van der Waals surface area contributed by atoms with E-state index in [9.17, 15) is 4.79 Å². The Bertz CT molecular complexity index is 493. The second-order valence-electron chi connectivity index (χ2n) is 6.92. The molecule has 1 aromatic heterocycles. The number of hydrogen-bond donors (Lipinski definition) is 1. The summed E-state index contributed by atoms with van der Waals surface area (Å²) >= 11 is 0. The summed E-state index contributed by atoms with van der Waals surface area (Å²) in [6.45, 7) is 8.05. The average Bonchev–Trinajstić information content (AvgIpc) is 2.69. The van der Waals surface area contributed by atoms with Crippen LogP contribution in [0.15, 0.2) is 12.3 Å². The van der Waals surface area contributed by atoms with Gasteiger partial charge in [-0.2, -0.15) is 5.10 Å². The first kappa shape index (κ1) is 16.8. The highest BCUT2D eigenvalue weighted by atomic mass is 16.6. The van der Waals surface area contributed by atoms with Gasteiger partial charge in [0.15, 0.2) is 0 Å². The number of hydrogen-bond acceptors (Lipinski definition) is 4. The van der Waals surface area contributed by atoms with Gasteiger partial charge in [-0.05, 0) is 46.1 Å². The Hall–Kier alpha value is -1.56. The molecule has 0 aromatic carbocycles. The van der Waals surface area contributed by atoms with Crippen LogP contribution >= 0.6 is 0 Å². The molecule has 0 bridgehead atoms. The van der Waals surface area contributed by atoms with Crippen LogP contribution in [0.5, 0.6) is 0 Å². The van der Waals surface area contributed by atoms with E-state index in [1.807, 2.05) is 49.7 Å². The molecule has 0 radical (unpaired) electrons. The van der Waals surface area contributed by atoms with Gasteiger partial charge in [0, 0.05) is 38.9 Å². The van der Waals surface area contributed by atoms with E-state index in [2.05, 4.69) is 10.4 Å². The highest BCUT2D eigenvalue weighted by Crippen LogP contribution is 2.16. The van der Waals surface area contributed by atoms with Gasteiger partial charge in [0.25, 0.3) is 0 Å². The zero-order chi connectivity index (χ0) is 16.2. The van der Waals surface area contributed by atoms with E-state index in [1.54, 1.807) is 0 Å². The van der Waals surface area contributed by atoms with Gasteiger partial charge in [0.05, 0.1) is 5.69 Å². The fourth-order valence-electron chi connectivity index (χ4n) is 2.63. The van der Waals surface area contributed by atoms with Crippen molar-refractivity contribution in [1.29, 1.82) is 0 Å². The zero-order valence-electron chi connectivity index (χ0n) is 14.1. The summed E-state index contributed by atoms with van der Waals surface area (Å²) in [4.78, 5) is 14.0. The number of nitrogens with one attached hydrogen (secondary N) is 1. The minimum atomic E-state index is -0.430. The average molecular weight is 308 g/mol. The van der Waals surface area contributed by atoms with E-state index in [4.69, 9.17) is 4.74 Å². The lowest BCUT2D eigenvalue weighted by Crippen LogP contribution is -2.38. The maximum atomic E-state index is 12.1. The van der Waals surface area contributed by atoms with Gasteiger partial charge in [-0.3, -0.25) is 4.68 Å². The summed E-state index contributed by atoms with van der Waals surface area (Å²) in [6, 6.07) is 2.46. The molecule has 2 rings (SSSR count). The van der Waals surface area contributed by atoms with Crippen molar-refractivity contribution in [2.24, 2.45) is 7.05 Å². The quantitative estimate of drug-likeness (QED) is 0.931. The van der Waals surface area contributed by atoms with Crippen molar-refractivity contribution in [2.45, 2.75) is 58.2 Å². The van der Waals surface area contributed by atoms with Gasteiger partial charge in [0.1, 0.15) is 5.60 Å². The van der Waals surface area contributed by atoms with Gasteiger partial charge in [-0.1, -0.05) is 0 Å². The Morgan fingerprint density at radius 1 is 1.41 bits per heavy atom. The minimum Gasteiger partial charge on any atom is -0.444 e. The highest BCUT2D eigenvalue weighted by molar-refractivity contribution is 5.68. The molecule has 1 saturated heterocycles. The SMILES string of the molecule is Cn1nccc1CNC1CCCN(C(=O)OC(C)(C)C)CC1. The molecular formula is C16H28N4O2. The van der Waals surface area contributed by atoms with Gasteiger partial charge < -0.3 is 15.0 Å². The number of carbonyl (C=O) groups is 1. The number of likely N-dealkylation sites (tertiary alicyclic amines) is 1. The molecule has 6 nitrogen and oxygen atoms in total. The van der Waals surface area contributed by atoms with E-state index >= 15 is 0 Å². The lowest BCUT2D eigenvalue weighted by atomic mass is 10.1. The number of rotatable bonds is 3. The standard InChI is InChI=1S/C16H28N4O2/c1-16(2,3)22-15(21)20-10-5-6-13(8-11-20)17-12-14-7-9-18-19(14)4/h7,9,13,17H,5-6,8,10-12H2,1-4H3. The molecule has 1 aromatic rings. The molecular weight excluding hydrogens is 280 g/mol. The summed E-state index contributed by atoms with van der Waals surface area (Å²) in [6.07, 6.45) is 4.66. The number of amides is 1. The summed E-state index contributed by atoms with van der Waals surface area (Å²) in [7, 11) is 1.95. The predicted molar refractivity (Wildman–Crippen MR) is 85.5 cm³/mol. The molecule has 1 N–H and O–H groups in total. The van der Waals surface area contributed by atoms with Crippen molar-refractivity contribution in [3.63, 3.8) is 0 Å². The minimum absolute atomic E-state index is 0.195. The maximum absolute atomic E-state index is 12.1. The zero-order valence-corrected chi connectivity index (χ0v) is 14.1. The number of ether oxygens (including phenoxy) is 1. The van der Waals surface area contributed by atoms with Crippen LogP contribution in [0.1, 0.15) is 45.7 Å². The van der Waals surface area contributed by atoms with Crippen LogP contribution in [0.3, 0.4) is 0 Å². The molecule has 22 heavy (non-hydrogen) atoms. The summed E-state index contributed by atoms with van der Waals surface area (Å²) in [5, 5.41) is 7.75. The fourth-order valence-corrected chi connectivity index (χ4v) is 2.63. The van der Waals surface area contributed by atoms with Crippen LogP contribution < -0.4 is 5.32 Å². The van der Waals surface area contributed by atoms with Crippen molar-refractivity contribution in [1.82, 2.24) is 20.0 Å². The molecule has 0 aliphatic carbocycles. The smallest absolute Gasteiger partial charge is 0.410 e. The van der Waals surface area contributed by atoms with Crippen LogP contribution in [0, 0.1) is 0 Å². The van der Waals surface area contributed by atoms with Crippen molar-refractivity contribution in [2.75, 3.05) is 13.1 Å². The van der Waals surface area contributed by atoms with Crippen LogP contribution in [-0.2, 0) is 18.3 Å². The third-order valence-corrected chi connectivity index (χ3v) is 3.87. The molecule has 1 aliphatic heterocycles. The van der Waals surface area contributed by atoms with E-state index in [1.165, 1.54) is 5.69 Å². The topological polar surface area (TPSA) is 59.4 Å². The first-order valence-corrected chi connectivity index (χ1v) is 8.03. The van der Waals surface area contributed by atoms with Crippen LogP contribution in [-0.4, -0.2) is 45.5 Å². The Morgan fingerprint density at radius 2 is 2.18 bits per heavy atom. The fraction of sp³-hybridized carbons (Fsp3) is 0.750. The number of aromatic nitrogens is 2. The molecule has 1 amide bonds. The predicted octanol–water partition coefficient (Wildman–Crippen LogP) is 2.30. The molecule has 124 valence electrons. The monoisotopic (exact) mass is 308 g/mol. The van der Waals surface area contributed by atoms with Crippen LogP contribution in [0.4, 0.5) is 4.79 Å². The molecule has 1 aliphatic rings. The molecule has 0 spiro atoms. The normalized spacial score (nSPS) is 19.8. The van der Waals surface area contributed by atoms with Gasteiger partial charge in [0.2, 0.25) is 0 Å². The molecule has 2 heterocycles. The van der Waals surface area contributed by atoms with Crippen molar-refractivity contribution in [3.8, 4) is 0 Å². The van der Waals surface area contributed by atoms with E-state index in [-0.39, 0.29) is 6.09 Å². The van der Waals surface area contributed by atoms with E-state index in [0.717, 1.165) is 38.9 Å². The highest BCUT2D eigenvalue weighted by Gasteiger charge is 2.25. The molecule has 0 saturated carbocycles. The Labute approximate surface area is 132 Å². The number of aryl methyl sites for hydroxylation is 1. The first-order valence-electron chi connectivity index (χ1n) is 8.03.